The summed E-state index contributed by atoms with van der Waals surface area (Å²) in [5.41, 5.74) is 1.16. The zero-order valence-corrected chi connectivity index (χ0v) is 19.0. The van der Waals surface area contributed by atoms with Crippen LogP contribution in [0.3, 0.4) is 0 Å². The summed E-state index contributed by atoms with van der Waals surface area (Å²) >= 11 is 6.33. The summed E-state index contributed by atoms with van der Waals surface area (Å²) in [4.78, 5) is 18.1. The van der Waals surface area contributed by atoms with Crippen molar-refractivity contribution in [1.29, 1.82) is 0 Å². The maximum atomic E-state index is 12.7. The van der Waals surface area contributed by atoms with Crippen molar-refractivity contribution in [3.8, 4) is 10.6 Å². The minimum absolute atomic E-state index is 0.163. The Labute approximate surface area is 184 Å². The number of carbonyl (C=O) groups is 1. The number of thiophene rings is 1. The predicted molar refractivity (Wildman–Crippen MR) is 117 cm³/mol. The van der Waals surface area contributed by atoms with Crippen LogP contribution in [0.25, 0.3) is 10.6 Å². The van der Waals surface area contributed by atoms with E-state index in [0.29, 0.717) is 37.0 Å². The van der Waals surface area contributed by atoms with Gasteiger partial charge in [-0.15, -0.1) is 22.7 Å². The van der Waals surface area contributed by atoms with E-state index in [9.17, 15) is 13.2 Å². The normalized spacial score (nSPS) is 15.3. The minimum atomic E-state index is -3.58. The summed E-state index contributed by atoms with van der Waals surface area (Å²) in [5.74, 6) is -0.339. The fourth-order valence-corrected chi connectivity index (χ4v) is 6.31. The van der Waals surface area contributed by atoms with Crippen molar-refractivity contribution in [3.63, 3.8) is 0 Å². The Morgan fingerprint density at radius 1 is 1.14 bits per heavy atom. The lowest BCUT2D eigenvalue weighted by Crippen LogP contribution is -2.40. The van der Waals surface area contributed by atoms with E-state index >= 15 is 0 Å². The van der Waals surface area contributed by atoms with Crippen LogP contribution >= 0.6 is 38.6 Å². The fraction of sp³-hybridized carbons (Fsp3) is 0.222. The Kier molecular flexibility index (Phi) is 6.13. The standard InChI is InChI=1S/C18H16BrN3O4S3/c19-16-6-5-15(28-16)14-11-27-18(20-14)21-17(23)12-1-3-13(4-2-12)29(24,25)22-7-9-26-10-8-22/h1-6,11H,7-10H2,(H,20,21,23). The maximum absolute atomic E-state index is 12.7. The van der Waals surface area contributed by atoms with Gasteiger partial charge >= 0.3 is 0 Å². The lowest BCUT2D eigenvalue weighted by atomic mass is 10.2. The van der Waals surface area contributed by atoms with Crippen LogP contribution in [0.5, 0.6) is 0 Å². The van der Waals surface area contributed by atoms with Gasteiger partial charge in [-0.1, -0.05) is 0 Å². The van der Waals surface area contributed by atoms with Crippen LogP contribution in [0.2, 0.25) is 0 Å². The highest BCUT2D eigenvalue weighted by Crippen LogP contribution is 2.33. The van der Waals surface area contributed by atoms with Crippen LogP contribution in [0.1, 0.15) is 10.4 Å². The highest BCUT2D eigenvalue weighted by molar-refractivity contribution is 9.11. The molecule has 7 nitrogen and oxygen atoms in total. The topological polar surface area (TPSA) is 88.6 Å². The molecule has 3 aromatic rings. The first-order chi connectivity index (χ1) is 13.9. The molecule has 11 heteroatoms. The van der Waals surface area contributed by atoms with E-state index in [2.05, 4.69) is 26.2 Å². The van der Waals surface area contributed by atoms with Gasteiger partial charge in [-0.25, -0.2) is 13.4 Å². The number of ether oxygens (including phenoxy) is 1. The quantitative estimate of drug-likeness (QED) is 0.558. The number of morpholine rings is 1. The van der Waals surface area contributed by atoms with Gasteiger partial charge in [-0.05, 0) is 52.3 Å². The molecule has 0 radical (unpaired) electrons. The van der Waals surface area contributed by atoms with Gasteiger partial charge in [0.2, 0.25) is 10.0 Å². The van der Waals surface area contributed by atoms with Gasteiger partial charge in [0.1, 0.15) is 0 Å². The number of benzene rings is 1. The zero-order chi connectivity index (χ0) is 20.4. The van der Waals surface area contributed by atoms with E-state index in [-0.39, 0.29) is 10.8 Å². The highest BCUT2D eigenvalue weighted by atomic mass is 79.9. The van der Waals surface area contributed by atoms with Crippen LogP contribution < -0.4 is 5.32 Å². The SMILES string of the molecule is O=C(Nc1nc(-c2ccc(Br)s2)cs1)c1ccc(S(=O)(=O)N2CCOCC2)cc1. The van der Waals surface area contributed by atoms with Crippen LogP contribution in [0.4, 0.5) is 5.13 Å². The molecule has 3 heterocycles. The molecule has 0 atom stereocenters. The van der Waals surface area contributed by atoms with Gasteiger partial charge < -0.3 is 4.74 Å². The second-order valence-corrected chi connectivity index (χ2v) is 11.4. The Balaban J connectivity index is 1.45. The second kappa shape index (κ2) is 8.62. The first kappa shape index (κ1) is 20.6. The van der Waals surface area contributed by atoms with E-state index in [1.54, 1.807) is 11.3 Å². The molecule has 1 aromatic carbocycles. The van der Waals surface area contributed by atoms with Crippen molar-refractivity contribution in [2.45, 2.75) is 4.90 Å². The monoisotopic (exact) mass is 513 g/mol. The molecule has 0 saturated carbocycles. The van der Waals surface area contributed by atoms with E-state index in [4.69, 9.17) is 4.74 Å². The third kappa shape index (κ3) is 4.60. The molecule has 1 amide bonds. The molecule has 0 spiro atoms. The smallest absolute Gasteiger partial charge is 0.257 e. The maximum Gasteiger partial charge on any atom is 0.257 e. The lowest BCUT2D eigenvalue weighted by Gasteiger charge is -2.26. The van der Waals surface area contributed by atoms with Crippen LogP contribution in [0, 0.1) is 0 Å². The van der Waals surface area contributed by atoms with Crippen molar-refractivity contribution in [1.82, 2.24) is 9.29 Å². The number of thiazole rings is 1. The van der Waals surface area contributed by atoms with Crippen molar-refractivity contribution in [2.24, 2.45) is 0 Å². The summed E-state index contributed by atoms with van der Waals surface area (Å²) < 4.78 is 32.9. The average molecular weight is 514 g/mol. The molecule has 152 valence electrons. The molecule has 1 N–H and O–H groups in total. The van der Waals surface area contributed by atoms with Gasteiger partial charge in [0.05, 0.1) is 32.5 Å². The van der Waals surface area contributed by atoms with Crippen LogP contribution in [-0.4, -0.2) is 49.9 Å². The van der Waals surface area contributed by atoms with Crippen molar-refractivity contribution >= 4 is 59.7 Å². The predicted octanol–water partition coefficient (Wildman–Crippen LogP) is 3.91. The number of hydrogen-bond donors (Lipinski definition) is 1. The Morgan fingerprint density at radius 2 is 1.86 bits per heavy atom. The molecule has 2 aromatic heterocycles. The number of nitrogens with one attached hydrogen (secondary N) is 1. The third-order valence-electron chi connectivity index (χ3n) is 4.27. The number of aromatic nitrogens is 1. The zero-order valence-electron chi connectivity index (χ0n) is 15.0. The first-order valence-electron chi connectivity index (χ1n) is 8.64. The Hall–Kier alpha value is -1.63. The number of halogens is 1. The number of hydrogen-bond acceptors (Lipinski definition) is 7. The summed E-state index contributed by atoms with van der Waals surface area (Å²) in [5, 5.41) is 5.13. The molecule has 1 aliphatic heterocycles. The number of nitrogens with zero attached hydrogens (tertiary/aromatic N) is 2. The van der Waals surface area contributed by atoms with E-state index in [0.717, 1.165) is 14.4 Å². The lowest BCUT2D eigenvalue weighted by molar-refractivity contribution is 0.0730. The molecule has 0 bridgehead atoms. The molecular weight excluding hydrogens is 498 g/mol. The van der Waals surface area contributed by atoms with E-state index in [1.807, 2.05) is 17.5 Å². The van der Waals surface area contributed by atoms with E-state index < -0.39 is 10.0 Å². The Morgan fingerprint density at radius 3 is 2.52 bits per heavy atom. The number of anilines is 1. The van der Waals surface area contributed by atoms with Crippen molar-refractivity contribution in [2.75, 3.05) is 31.6 Å². The molecule has 0 aliphatic carbocycles. The summed E-state index contributed by atoms with van der Waals surface area (Å²) in [6.07, 6.45) is 0. The molecule has 0 unspecified atom stereocenters. The highest BCUT2D eigenvalue weighted by Gasteiger charge is 2.26. The number of sulfonamides is 1. The van der Waals surface area contributed by atoms with Gasteiger partial charge in [0.15, 0.2) is 5.13 Å². The molecule has 1 aliphatic rings. The fourth-order valence-electron chi connectivity index (χ4n) is 2.78. The first-order valence-corrected chi connectivity index (χ1v) is 12.6. The second-order valence-electron chi connectivity index (χ2n) is 6.14. The molecule has 1 fully saturated rings. The number of carbonyl (C=O) groups excluding carboxylic acids is 1. The van der Waals surface area contributed by atoms with Gasteiger partial charge in [-0.2, -0.15) is 4.31 Å². The number of rotatable bonds is 5. The van der Waals surface area contributed by atoms with Crippen molar-refractivity contribution < 1.29 is 17.9 Å². The van der Waals surface area contributed by atoms with Gasteiger partial charge in [0, 0.05) is 24.0 Å². The molecule has 1 saturated heterocycles. The van der Waals surface area contributed by atoms with Crippen LogP contribution in [-0.2, 0) is 14.8 Å². The largest absolute Gasteiger partial charge is 0.379 e. The third-order valence-corrected chi connectivity index (χ3v) is 8.59. The average Bonchev–Trinajstić information content (AvgIpc) is 3.37. The summed E-state index contributed by atoms with van der Waals surface area (Å²) in [7, 11) is -3.58. The van der Waals surface area contributed by atoms with Gasteiger partial charge in [-0.3, -0.25) is 10.1 Å². The van der Waals surface area contributed by atoms with Gasteiger partial charge in [0.25, 0.3) is 5.91 Å². The number of amides is 1. The Bertz CT molecular complexity index is 1120. The summed E-state index contributed by atoms with van der Waals surface area (Å²) in [6.45, 7) is 1.44. The van der Waals surface area contributed by atoms with Crippen molar-refractivity contribution in [3.05, 3.63) is 51.1 Å². The minimum Gasteiger partial charge on any atom is -0.379 e. The molecule has 29 heavy (non-hydrogen) atoms. The van der Waals surface area contributed by atoms with Crippen LogP contribution in [0.15, 0.2) is 50.5 Å². The summed E-state index contributed by atoms with van der Waals surface area (Å²) in [6, 6.07) is 9.83. The molecular formula is C18H16BrN3O4S3. The molecule has 4 rings (SSSR count). The van der Waals surface area contributed by atoms with E-state index in [1.165, 1.54) is 39.9 Å².